The second-order valence-corrected chi connectivity index (χ2v) is 5.00. The van der Waals surface area contributed by atoms with Gasteiger partial charge in [0.15, 0.2) is 0 Å². The number of carbonyl (C=O) groups is 2. The number of amides is 2. The highest BCUT2D eigenvalue weighted by Crippen LogP contribution is 2.30. The van der Waals surface area contributed by atoms with E-state index >= 15 is 0 Å². The molecule has 3 rings (SSSR count). The maximum absolute atomic E-state index is 12.1. The van der Waals surface area contributed by atoms with Gasteiger partial charge in [0.25, 0.3) is 0 Å². The largest absolute Gasteiger partial charge is 0.337 e. The highest BCUT2D eigenvalue weighted by Gasteiger charge is 2.49. The predicted molar refractivity (Wildman–Crippen MR) is 57.1 cm³/mol. The quantitative estimate of drug-likeness (QED) is 0.646. The summed E-state index contributed by atoms with van der Waals surface area (Å²) in [5.74, 6) is -0.0960. The van der Waals surface area contributed by atoms with Crippen molar-refractivity contribution in [3.05, 3.63) is 0 Å². The fourth-order valence-electron chi connectivity index (χ4n) is 3.12. The Morgan fingerprint density at radius 3 is 2.56 bits per heavy atom. The Labute approximate surface area is 94.5 Å². The van der Waals surface area contributed by atoms with E-state index in [1.807, 2.05) is 4.90 Å². The molecule has 2 N–H and O–H groups in total. The van der Waals surface area contributed by atoms with E-state index in [1.54, 1.807) is 0 Å². The lowest BCUT2D eigenvalue weighted by Crippen LogP contribution is -2.45. The summed E-state index contributed by atoms with van der Waals surface area (Å²) in [5.41, 5.74) is 5.34. The number of nitrogens with one attached hydrogen (secondary N) is 2. The summed E-state index contributed by atoms with van der Waals surface area (Å²) in [5, 5.41) is 0. The van der Waals surface area contributed by atoms with Crippen LogP contribution in [0.4, 0.5) is 0 Å². The lowest BCUT2D eigenvalue weighted by atomic mass is 9.94. The van der Waals surface area contributed by atoms with Crippen LogP contribution in [0, 0.1) is 5.92 Å². The summed E-state index contributed by atoms with van der Waals surface area (Å²) in [6.45, 7) is 0.604. The van der Waals surface area contributed by atoms with E-state index in [0.717, 1.165) is 12.8 Å². The number of likely N-dealkylation sites (tertiary alicyclic amines) is 1. The molecule has 88 valence electrons. The molecule has 0 spiro atoms. The predicted octanol–water partition coefficient (Wildman–Crippen LogP) is -0.220. The minimum atomic E-state index is -0.311. The highest BCUT2D eigenvalue weighted by atomic mass is 16.2. The molecule has 2 amide bonds. The van der Waals surface area contributed by atoms with Gasteiger partial charge in [-0.2, -0.15) is 0 Å². The lowest BCUT2D eigenvalue weighted by molar-refractivity contribution is -0.132. The smallest absolute Gasteiger partial charge is 0.242 e. The molecule has 5 heteroatoms. The first kappa shape index (κ1) is 10.1. The van der Waals surface area contributed by atoms with Crippen molar-refractivity contribution in [1.29, 1.82) is 0 Å². The molecule has 0 radical (unpaired) electrons. The molecule has 16 heavy (non-hydrogen) atoms. The van der Waals surface area contributed by atoms with E-state index < -0.39 is 0 Å². The monoisotopic (exact) mass is 223 g/mol. The van der Waals surface area contributed by atoms with Crippen LogP contribution in [0.5, 0.6) is 0 Å². The van der Waals surface area contributed by atoms with Gasteiger partial charge in [0.2, 0.25) is 11.8 Å². The van der Waals surface area contributed by atoms with Crippen LogP contribution >= 0.6 is 0 Å². The van der Waals surface area contributed by atoms with Gasteiger partial charge in [-0.05, 0) is 12.8 Å². The Morgan fingerprint density at radius 2 is 1.88 bits per heavy atom. The van der Waals surface area contributed by atoms with Crippen LogP contribution in [0.25, 0.3) is 0 Å². The van der Waals surface area contributed by atoms with Crippen molar-refractivity contribution in [3.8, 4) is 0 Å². The summed E-state index contributed by atoms with van der Waals surface area (Å²) < 4.78 is 0. The first-order valence-corrected chi connectivity index (χ1v) is 6.13. The van der Waals surface area contributed by atoms with E-state index in [0.29, 0.717) is 12.6 Å². The zero-order valence-electron chi connectivity index (χ0n) is 9.24. The fourth-order valence-corrected chi connectivity index (χ4v) is 3.12. The number of rotatable bonds is 1. The first-order valence-electron chi connectivity index (χ1n) is 6.13. The van der Waals surface area contributed by atoms with Crippen molar-refractivity contribution >= 4 is 11.8 Å². The van der Waals surface area contributed by atoms with Gasteiger partial charge in [-0.1, -0.05) is 19.3 Å². The van der Waals surface area contributed by atoms with Crippen molar-refractivity contribution in [1.82, 2.24) is 15.8 Å². The van der Waals surface area contributed by atoms with Gasteiger partial charge < -0.3 is 4.90 Å². The zero-order valence-corrected chi connectivity index (χ0v) is 9.24. The molecule has 5 nitrogen and oxygen atoms in total. The topological polar surface area (TPSA) is 61.4 Å². The van der Waals surface area contributed by atoms with Crippen LogP contribution < -0.4 is 10.9 Å². The molecule has 1 saturated carbocycles. The standard InChI is InChI=1S/C11H17N3O2/c15-10-8-6-14(7-4-2-1-3-5-7)11(16)9(8)12-13-10/h7-9,12H,1-6H2,(H,13,15). The van der Waals surface area contributed by atoms with Gasteiger partial charge in [0, 0.05) is 12.6 Å². The van der Waals surface area contributed by atoms with E-state index in [9.17, 15) is 9.59 Å². The lowest BCUT2D eigenvalue weighted by Gasteiger charge is -2.31. The molecule has 0 aromatic heterocycles. The van der Waals surface area contributed by atoms with Gasteiger partial charge in [-0.15, -0.1) is 0 Å². The number of hydrogen-bond acceptors (Lipinski definition) is 3. The van der Waals surface area contributed by atoms with Crippen LogP contribution in [0.2, 0.25) is 0 Å². The van der Waals surface area contributed by atoms with Crippen molar-refractivity contribution < 1.29 is 9.59 Å². The molecular formula is C11H17N3O2. The third-order valence-corrected chi connectivity index (χ3v) is 4.05. The zero-order chi connectivity index (χ0) is 11.1. The molecule has 0 aromatic carbocycles. The van der Waals surface area contributed by atoms with Gasteiger partial charge >= 0.3 is 0 Å². The van der Waals surface area contributed by atoms with Crippen molar-refractivity contribution in [2.45, 2.75) is 44.2 Å². The average Bonchev–Trinajstić information content (AvgIpc) is 2.83. The van der Waals surface area contributed by atoms with Gasteiger partial charge in [0.1, 0.15) is 6.04 Å². The van der Waals surface area contributed by atoms with Gasteiger partial charge in [-0.25, -0.2) is 5.43 Å². The summed E-state index contributed by atoms with van der Waals surface area (Å²) in [6.07, 6.45) is 5.91. The molecule has 2 atom stereocenters. The third kappa shape index (κ3) is 1.42. The Hall–Kier alpha value is -1.10. The van der Waals surface area contributed by atoms with Crippen molar-refractivity contribution in [2.24, 2.45) is 5.92 Å². The third-order valence-electron chi connectivity index (χ3n) is 4.05. The summed E-state index contributed by atoms with van der Waals surface area (Å²) in [7, 11) is 0. The van der Waals surface area contributed by atoms with Crippen LogP contribution in [-0.2, 0) is 9.59 Å². The maximum atomic E-state index is 12.1. The van der Waals surface area contributed by atoms with Crippen LogP contribution in [0.3, 0.4) is 0 Å². The van der Waals surface area contributed by atoms with E-state index in [4.69, 9.17) is 0 Å². The normalized spacial score (nSPS) is 35.4. The SMILES string of the molecule is O=C1NNC2C(=O)N(C3CCCCC3)CC12. The minimum absolute atomic E-state index is 0.0309. The minimum Gasteiger partial charge on any atom is -0.337 e. The Morgan fingerprint density at radius 1 is 1.12 bits per heavy atom. The maximum Gasteiger partial charge on any atom is 0.242 e. The molecule has 1 aliphatic carbocycles. The van der Waals surface area contributed by atoms with Crippen LogP contribution in [0.1, 0.15) is 32.1 Å². The molecule has 2 saturated heterocycles. The van der Waals surface area contributed by atoms with Crippen molar-refractivity contribution in [2.75, 3.05) is 6.54 Å². The second-order valence-electron chi connectivity index (χ2n) is 5.00. The molecular weight excluding hydrogens is 206 g/mol. The molecule has 2 aliphatic heterocycles. The summed E-state index contributed by atoms with van der Waals surface area (Å²) in [6, 6.07) is 0.0656. The average molecular weight is 223 g/mol. The molecule has 3 aliphatic rings. The van der Waals surface area contributed by atoms with Crippen LogP contribution in [-0.4, -0.2) is 35.3 Å². The second kappa shape index (κ2) is 3.73. The number of carbonyl (C=O) groups excluding carboxylic acids is 2. The van der Waals surface area contributed by atoms with E-state index in [2.05, 4.69) is 10.9 Å². The summed E-state index contributed by atoms with van der Waals surface area (Å²) >= 11 is 0. The molecule has 2 unspecified atom stereocenters. The Balaban J connectivity index is 1.73. The molecule has 0 bridgehead atoms. The number of fused-ring (bicyclic) bond motifs is 1. The van der Waals surface area contributed by atoms with Crippen molar-refractivity contribution in [3.63, 3.8) is 0 Å². The number of hydrazine groups is 1. The fraction of sp³-hybridized carbons (Fsp3) is 0.818. The highest BCUT2D eigenvalue weighted by molar-refractivity contribution is 5.96. The van der Waals surface area contributed by atoms with Gasteiger partial charge in [0.05, 0.1) is 5.92 Å². The van der Waals surface area contributed by atoms with E-state index in [1.165, 1.54) is 19.3 Å². The molecule has 3 fully saturated rings. The number of hydrogen-bond donors (Lipinski definition) is 2. The van der Waals surface area contributed by atoms with E-state index in [-0.39, 0.29) is 23.8 Å². The number of nitrogens with zero attached hydrogens (tertiary/aromatic N) is 1. The molecule has 2 heterocycles. The summed E-state index contributed by atoms with van der Waals surface area (Å²) in [4.78, 5) is 25.5. The Bertz CT molecular complexity index is 325. The van der Waals surface area contributed by atoms with Gasteiger partial charge in [-0.3, -0.25) is 15.0 Å². The molecule has 0 aromatic rings. The Kier molecular flexibility index (Phi) is 2.35. The van der Waals surface area contributed by atoms with Crippen LogP contribution in [0.15, 0.2) is 0 Å². The first-order chi connectivity index (χ1) is 7.77.